The average molecular weight is 280 g/mol. The van der Waals surface area contributed by atoms with E-state index in [2.05, 4.69) is 10.4 Å². The lowest BCUT2D eigenvalue weighted by molar-refractivity contribution is 0.0756. The van der Waals surface area contributed by atoms with Gasteiger partial charge in [-0.15, -0.1) is 0 Å². The van der Waals surface area contributed by atoms with E-state index in [1.807, 2.05) is 25.1 Å². The first-order valence-corrected chi connectivity index (χ1v) is 7.27. The second-order valence-corrected chi connectivity index (χ2v) is 5.29. The maximum Gasteiger partial charge on any atom is 0.317 e. The number of rotatable bonds is 5. The summed E-state index contributed by atoms with van der Waals surface area (Å²) in [6.07, 6.45) is 5.88. The molecule has 1 aromatic heterocycles. The third-order valence-corrected chi connectivity index (χ3v) is 3.57. The molecular formula is C14H24N4O2. The Morgan fingerprint density at radius 2 is 2.45 bits per heavy atom. The number of carbonyl (C=O) groups excluding carboxylic acids is 1. The molecule has 1 N–H and O–H groups in total. The van der Waals surface area contributed by atoms with E-state index in [1.165, 1.54) is 0 Å². The van der Waals surface area contributed by atoms with Crippen LogP contribution in [-0.4, -0.2) is 47.0 Å². The molecule has 2 rings (SSSR count). The van der Waals surface area contributed by atoms with Crippen molar-refractivity contribution in [2.75, 3.05) is 26.3 Å². The molecule has 6 nitrogen and oxygen atoms in total. The Morgan fingerprint density at radius 3 is 3.15 bits per heavy atom. The van der Waals surface area contributed by atoms with Gasteiger partial charge in [-0.2, -0.15) is 5.10 Å². The van der Waals surface area contributed by atoms with Gasteiger partial charge in [0.25, 0.3) is 0 Å². The van der Waals surface area contributed by atoms with Gasteiger partial charge in [0.05, 0.1) is 12.8 Å². The summed E-state index contributed by atoms with van der Waals surface area (Å²) < 4.78 is 7.20. The molecule has 0 aliphatic carbocycles. The molecule has 1 atom stereocenters. The molecule has 0 aromatic carbocycles. The topological polar surface area (TPSA) is 59.4 Å². The molecule has 1 fully saturated rings. The molecule has 0 spiro atoms. The minimum absolute atomic E-state index is 0.00931. The van der Waals surface area contributed by atoms with E-state index in [9.17, 15) is 4.79 Å². The molecule has 1 aromatic rings. The highest BCUT2D eigenvalue weighted by atomic mass is 16.5. The van der Waals surface area contributed by atoms with Crippen molar-refractivity contribution in [1.82, 2.24) is 20.0 Å². The molecule has 0 bridgehead atoms. The van der Waals surface area contributed by atoms with Crippen molar-refractivity contribution in [3.8, 4) is 0 Å². The van der Waals surface area contributed by atoms with Crippen LogP contribution in [0.25, 0.3) is 0 Å². The predicted octanol–water partition coefficient (Wildman–Crippen LogP) is 1.38. The Bertz CT molecular complexity index is 433. The molecule has 1 aliphatic heterocycles. The third-order valence-electron chi connectivity index (χ3n) is 3.57. The molecule has 6 heteroatoms. The van der Waals surface area contributed by atoms with Crippen LogP contribution in [0.5, 0.6) is 0 Å². The van der Waals surface area contributed by atoms with E-state index >= 15 is 0 Å². The van der Waals surface area contributed by atoms with E-state index in [1.54, 1.807) is 10.9 Å². The first-order chi connectivity index (χ1) is 9.69. The van der Waals surface area contributed by atoms with Crippen LogP contribution >= 0.6 is 0 Å². The fourth-order valence-corrected chi connectivity index (χ4v) is 2.52. The molecule has 2 amide bonds. The number of likely N-dealkylation sites (tertiary alicyclic amines) is 1. The van der Waals surface area contributed by atoms with Gasteiger partial charge in [-0.3, -0.25) is 4.68 Å². The van der Waals surface area contributed by atoms with Crippen LogP contribution in [0.1, 0.15) is 25.3 Å². The highest BCUT2D eigenvalue weighted by Gasteiger charge is 2.23. The van der Waals surface area contributed by atoms with Crippen molar-refractivity contribution in [2.45, 2.75) is 26.3 Å². The second-order valence-electron chi connectivity index (χ2n) is 5.29. The summed E-state index contributed by atoms with van der Waals surface area (Å²) in [5.41, 5.74) is 1.02. The first-order valence-electron chi connectivity index (χ1n) is 7.27. The number of aromatic nitrogens is 2. The summed E-state index contributed by atoms with van der Waals surface area (Å²) in [6, 6.07) is 0.00931. The van der Waals surface area contributed by atoms with Crippen LogP contribution in [0.2, 0.25) is 0 Å². The molecule has 1 aliphatic rings. The Morgan fingerprint density at radius 1 is 1.60 bits per heavy atom. The maximum absolute atomic E-state index is 12.1. The Balaban J connectivity index is 1.76. The van der Waals surface area contributed by atoms with Gasteiger partial charge in [0, 0.05) is 51.0 Å². The quantitative estimate of drug-likeness (QED) is 0.886. The molecular weight excluding hydrogens is 256 g/mol. The summed E-state index contributed by atoms with van der Waals surface area (Å²) in [5.74, 6) is 0.466. The Kier molecular flexibility index (Phi) is 5.40. The predicted molar refractivity (Wildman–Crippen MR) is 76.2 cm³/mol. The molecule has 1 saturated heterocycles. The summed E-state index contributed by atoms with van der Waals surface area (Å²) in [5, 5.41) is 7.04. The van der Waals surface area contributed by atoms with Crippen molar-refractivity contribution >= 4 is 6.03 Å². The van der Waals surface area contributed by atoms with Crippen molar-refractivity contribution in [3.63, 3.8) is 0 Å². The van der Waals surface area contributed by atoms with Gasteiger partial charge in [-0.1, -0.05) is 0 Å². The Hall–Kier alpha value is -1.56. The van der Waals surface area contributed by atoms with E-state index in [0.717, 1.165) is 44.7 Å². The number of aryl methyl sites for hydroxylation is 1. The molecule has 0 radical (unpaired) electrons. The number of carbonyl (C=O) groups is 1. The third kappa shape index (κ3) is 4.23. The van der Waals surface area contributed by atoms with Crippen molar-refractivity contribution in [2.24, 2.45) is 13.0 Å². The molecule has 2 heterocycles. The van der Waals surface area contributed by atoms with Crippen LogP contribution in [0.15, 0.2) is 12.4 Å². The van der Waals surface area contributed by atoms with Gasteiger partial charge in [0.15, 0.2) is 0 Å². The lowest BCUT2D eigenvalue weighted by Gasteiger charge is -2.32. The first kappa shape index (κ1) is 14.8. The number of ether oxygens (including phenoxy) is 1. The van der Waals surface area contributed by atoms with E-state index < -0.39 is 0 Å². The number of nitrogens with one attached hydrogen (secondary N) is 1. The Labute approximate surface area is 120 Å². The number of amides is 2. The minimum atomic E-state index is 0.00931. The molecule has 0 unspecified atom stereocenters. The lowest BCUT2D eigenvalue weighted by Crippen LogP contribution is -2.46. The number of urea groups is 1. The highest BCUT2D eigenvalue weighted by molar-refractivity contribution is 5.74. The summed E-state index contributed by atoms with van der Waals surface area (Å²) in [6.45, 7) is 5.65. The van der Waals surface area contributed by atoms with E-state index in [-0.39, 0.29) is 6.03 Å². The van der Waals surface area contributed by atoms with Crippen LogP contribution in [0, 0.1) is 5.92 Å². The highest BCUT2D eigenvalue weighted by Crippen LogP contribution is 2.16. The smallest absolute Gasteiger partial charge is 0.317 e. The SMILES string of the molecule is CCOC[C@H]1CCCN(C(=O)NCc2cnn(C)c2)C1. The maximum atomic E-state index is 12.1. The number of hydrogen-bond donors (Lipinski definition) is 1. The van der Waals surface area contributed by atoms with Crippen molar-refractivity contribution in [1.29, 1.82) is 0 Å². The number of nitrogens with zero attached hydrogens (tertiary/aromatic N) is 3. The van der Waals surface area contributed by atoms with Gasteiger partial charge in [-0.25, -0.2) is 4.79 Å². The fraction of sp³-hybridized carbons (Fsp3) is 0.714. The van der Waals surface area contributed by atoms with E-state index in [4.69, 9.17) is 4.74 Å². The number of piperidine rings is 1. The second kappa shape index (κ2) is 7.28. The monoisotopic (exact) mass is 280 g/mol. The standard InChI is InChI=1S/C14H24N4O2/c1-3-20-11-12-5-4-6-18(10-12)14(19)15-7-13-8-16-17(2)9-13/h8-9,12H,3-7,10-11H2,1-2H3,(H,15,19)/t12-/m0/s1. The van der Waals surface area contributed by atoms with Gasteiger partial charge in [0.1, 0.15) is 0 Å². The summed E-state index contributed by atoms with van der Waals surface area (Å²) in [7, 11) is 1.87. The zero-order valence-electron chi connectivity index (χ0n) is 12.3. The largest absolute Gasteiger partial charge is 0.381 e. The fourth-order valence-electron chi connectivity index (χ4n) is 2.52. The van der Waals surface area contributed by atoms with E-state index in [0.29, 0.717) is 12.5 Å². The average Bonchev–Trinajstić information content (AvgIpc) is 2.88. The van der Waals surface area contributed by atoms with Crippen molar-refractivity contribution in [3.05, 3.63) is 18.0 Å². The summed E-state index contributed by atoms with van der Waals surface area (Å²) >= 11 is 0. The van der Waals surface area contributed by atoms with Gasteiger partial charge >= 0.3 is 6.03 Å². The van der Waals surface area contributed by atoms with Gasteiger partial charge < -0.3 is 15.0 Å². The molecule has 0 saturated carbocycles. The van der Waals surface area contributed by atoms with Crippen molar-refractivity contribution < 1.29 is 9.53 Å². The zero-order chi connectivity index (χ0) is 14.4. The zero-order valence-corrected chi connectivity index (χ0v) is 12.3. The lowest BCUT2D eigenvalue weighted by atomic mass is 9.99. The van der Waals surface area contributed by atoms with Crippen LogP contribution in [-0.2, 0) is 18.3 Å². The molecule has 112 valence electrons. The van der Waals surface area contributed by atoms with Gasteiger partial charge in [0.2, 0.25) is 0 Å². The van der Waals surface area contributed by atoms with Crippen LogP contribution < -0.4 is 5.32 Å². The summed E-state index contributed by atoms with van der Waals surface area (Å²) in [4.78, 5) is 14.0. The van der Waals surface area contributed by atoms with Crippen LogP contribution in [0.3, 0.4) is 0 Å². The van der Waals surface area contributed by atoms with Crippen LogP contribution in [0.4, 0.5) is 4.79 Å². The number of hydrogen-bond acceptors (Lipinski definition) is 3. The minimum Gasteiger partial charge on any atom is -0.381 e. The normalized spacial score (nSPS) is 19.1. The van der Waals surface area contributed by atoms with Gasteiger partial charge in [-0.05, 0) is 19.8 Å². The molecule has 20 heavy (non-hydrogen) atoms.